The number of amides is 3. The normalized spacial score (nSPS) is 15.5. The molecule has 9 nitrogen and oxygen atoms in total. The first-order chi connectivity index (χ1) is 20.1. The van der Waals surface area contributed by atoms with E-state index in [0.29, 0.717) is 22.4 Å². The number of nitrogens with one attached hydrogen (secondary N) is 1. The van der Waals surface area contributed by atoms with Crippen LogP contribution in [0.1, 0.15) is 50.7 Å². The summed E-state index contributed by atoms with van der Waals surface area (Å²) >= 11 is 5.88. The first-order valence-electron chi connectivity index (χ1n) is 13.7. The standard InChI is InChI=1S/C31H32ClFN4O5S/c1-30(2,3)21-16-24(19-11-12-22(32)23(33)15-19)34-25-17-26(42-27(21)25)28(38)37-14-13-36(18-31(37,4)5)29(39)35-43(40,41)20-9-7-6-8-10-20/h6-12,15-17H,13-14,18H2,1-5H3,(H,35,39). The molecule has 0 bridgehead atoms. The Hall–Kier alpha value is -3.96. The van der Waals surface area contributed by atoms with Crippen molar-refractivity contribution in [3.05, 3.63) is 82.8 Å². The summed E-state index contributed by atoms with van der Waals surface area (Å²) in [5.74, 6) is -0.877. The van der Waals surface area contributed by atoms with Gasteiger partial charge in [-0.15, -0.1) is 0 Å². The van der Waals surface area contributed by atoms with E-state index in [1.165, 1.54) is 29.2 Å². The minimum Gasteiger partial charge on any atom is -0.449 e. The van der Waals surface area contributed by atoms with E-state index >= 15 is 0 Å². The average molecular weight is 627 g/mol. The Labute approximate surface area is 254 Å². The molecule has 5 rings (SSSR count). The molecule has 1 aliphatic heterocycles. The summed E-state index contributed by atoms with van der Waals surface area (Å²) in [5.41, 5.74) is 1.50. The SMILES string of the molecule is CC(C)(C)c1cc(-c2ccc(Cl)c(F)c2)nc2cc(C(=O)N3CCN(C(=O)NS(=O)(=O)c4ccccc4)CC3(C)C)oc12. The number of piperazine rings is 1. The van der Waals surface area contributed by atoms with Gasteiger partial charge in [-0.2, -0.15) is 0 Å². The lowest BCUT2D eigenvalue weighted by Crippen LogP contribution is -2.63. The van der Waals surface area contributed by atoms with E-state index < -0.39 is 32.8 Å². The molecular weight excluding hydrogens is 595 g/mol. The number of urea groups is 1. The number of benzene rings is 2. The van der Waals surface area contributed by atoms with E-state index in [2.05, 4.69) is 9.71 Å². The molecule has 2 aromatic carbocycles. The highest BCUT2D eigenvalue weighted by Gasteiger charge is 2.40. The van der Waals surface area contributed by atoms with Crippen LogP contribution in [0, 0.1) is 5.82 Å². The quantitative estimate of drug-likeness (QED) is 0.288. The number of furan rings is 1. The Morgan fingerprint density at radius 1 is 1.05 bits per heavy atom. The highest BCUT2D eigenvalue weighted by Crippen LogP contribution is 2.36. The van der Waals surface area contributed by atoms with Gasteiger partial charge in [0.25, 0.3) is 15.9 Å². The van der Waals surface area contributed by atoms with Gasteiger partial charge in [0.1, 0.15) is 11.3 Å². The van der Waals surface area contributed by atoms with Crippen LogP contribution >= 0.6 is 11.6 Å². The van der Waals surface area contributed by atoms with Gasteiger partial charge in [0.2, 0.25) is 0 Å². The molecule has 0 radical (unpaired) electrons. The number of pyridine rings is 1. The summed E-state index contributed by atoms with van der Waals surface area (Å²) in [7, 11) is -4.05. The number of fused-ring (bicyclic) bond motifs is 1. The molecule has 4 aromatic rings. The molecule has 0 unspecified atom stereocenters. The number of sulfonamides is 1. The van der Waals surface area contributed by atoms with Crippen molar-refractivity contribution in [1.82, 2.24) is 19.5 Å². The van der Waals surface area contributed by atoms with Gasteiger partial charge in [0, 0.05) is 36.8 Å². The Morgan fingerprint density at radius 3 is 2.37 bits per heavy atom. The zero-order valence-corrected chi connectivity index (χ0v) is 26.0. The van der Waals surface area contributed by atoms with Crippen LogP contribution < -0.4 is 4.72 Å². The molecule has 1 N–H and O–H groups in total. The van der Waals surface area contributed by atoms with Crippen LogP contribution in [0.3, 0.4) is 0 Å². The van der Waals surface area contributed by atoms with Crippen LogP contribution in [0.2, 0.25) is 5.02 Å². The highest BCUT2D eigenvalue weighted by atomic mass is 35.5. The number of aromatic nitrogens is 1. The lowest BCUT2D eigenvalue weighted by molar-refractivity contribution is 0.0251. The fraction of sp³-hybridized carbons (Fsp3) is 0.323. The van der Waals surface area contributed by atoms with Crippen molar-refractivity contribution in [1.29, 1.82) is 0 Å². The number of nitrogens with zero attached hydrogens (tertiary/aromatic N) is 3. The summed E-state index contributed by atoms with van der Waals surface area (Å²) in [6.45, 7) is 9.96. The van der Waals surface area contributed by atoms with Crippen molar-refractivity contribution in [2.75, 3.05) is 19.6 Å². The third kappa shape index (κ3) is 6.09. The smallest absolute Gasteiger partial charge is 0.331 e. The number of hydrogen-bond acceptors (Lipinski definition) is 6. The zero-order chi connectivity index (χ0) is 31.3. The third-order valence-electron chi connectivity index (χ3n) is 7.42. The van der Waals surface area contributed by atoms with Gasteiger partial charge >= 0.3 is 6.03 Å². The highest BCUT2D eigenvalue weighted by molar-refractivity contribution is 7.90. The van der Waals surface area contributed by atoms with Gasteiger partial charge in [-0.05, 0) is 49.6 Å². The minimum atomic E-state index is -4.05. The molecular formula is C31H32ClFN4O5S. The molecule has 3 amide bonds. The predicted octanol–water partition coefficient (Wildman–Crippen LogP) is 6.22. The van der Waals surface area contributed by atoms with E-state index in [1.807, 2.05) is 26.8 Å². The van der Waals surface area contributed by atoms with Crippen molar-refractivity contribution < 1.29 is 26.8 Å². The summed E-state index contributed by atoms with van der Waals surface area (Å²) in [4.78, 5) is 34.4. The number of hydrogen-bond donors (Lipinski definition) is 1. The largest absolute Gasteiger partial charge is 0.449 e. The van der Waals surface area contributed by atoms with Gasteiger partial charge in [-0.1, -0.05) is 56.6 Å². The molecule has 0 saturated carbocycles. The van der Waals surface area contributed by atoms with E-state index in [4.69, 9.17) is 16.0 Å². The first-order valence-corrected chi connectivity index (χ1v) is 15.5. The monoisotopic (exact) mass is 626 g/mol. The van der Waals surface area contributed by atoms with Gasteiger partial charge in [-0.25, -0.2) is 27.3 Å². The molecule has 3 heterocycles. The van der Waals surface area contributed by atoms with E-state index in [1.54, 1.807) is 49.1 Å². The number of halogens is 2. The lowest BCUT2D eigenvalue weighted by atomic mass is 9.86. The van der Waals surface area contributed by atoms with Crippen LogP contribution in [0.25, 0.3) is 22.4 Å². The van der Waals surface area contributed by atoms with Gasteiger partial charge < -0.3 is 14.2 Å². The van der Waals surface area contributed by atoms with Gasteiger partial charge in [0.15, 0.2) is 11.3 Å². The van der Waals surface area contributed by atoms with E-state index in [-0.39, 0.29) is 41.2 Å². The van der Waals surface area contributed by atoms with Crippen molar-refractivity contribution >= 4 is 44.7 Å². The molecule has 1 aliphatic rings. The topological polar surface area (TPSA) is 113 Å². The molecule has 43 heavy (non-hydrogen) atoms. The molecule has 1 fully saturated rings. The lowest BCUT2D eigenvalue weighted by Gasteiger charge is -2.46. The maximum absolute atomic E-state index is 14.3. The Morgan fingerprint density at radius 2 is 1.74 bits per heavy atom. The Balaban J connectivity index is 1.40. The van der Waals surface area contributed by atoms with Gasteiger partial charge in [0.05, 0.1) is 21.2 Å². The van der Waals surface area contributed by atoms with Crippen LogP contribution in [0.5, 0.6) is 0 Å². The predicted molar refractivity (Wildman–Crippen MR) is 162 cm³/mol. The second kappa shape index (κ2) is 10.9. The van der Waals surface area contributed by atoms with Crippen LogP contribution in [0.15, 0.2) is 70.0 Å². The second-order valence-electron chi connectivity index (χ2n) is 12.2. The first kappa shape index (κ1) is 30.5. The van der Waals surface area contributed by atoms with E-state index in [9.17, 15) is 22.4 Å². The Kier molecular flexibility index (Phi) is 7.77. The van der Waals surface area contributed by atoms with Crippen molar-refractivity contribution in [3.8, 4) is 11.3 Å². The fourth-order valence-corrected chi connectivity index (χ4v) is 6.27. The second-order valence-corrected chi connectivity index (χ2v) is 14.3. The Bertz CT molecular complexity index is 1830. The van der Waals surface area contributed by atoms with Crippen LogP contribution in [-0.4, -0.2) is 60.3 Å². The molecule has 1 saturated heterocycles. The summed E-state index contributed by atoms with van der Waals surface area (Å²) in [6.07, 6.45) is 0. The average Bonchev–Trinajstić information content (AvgIpc) is 3.37. The maximum Gasteiger partial charge on any atom is 0.331 e. The molecule has 226 valence electrons. The molecule has 0 aliphatic carbocycles. The van der Waals surface area contributed by atoms with Crippen molar-refractivity contribution in [2.45, 2.75) is 50.5 Å². The van der Waals surface area contributed by atoms with Gasteiger partial charge in [-0.3, -0.25) is 4.79 Å². The van der Waals surface area contributed by atoms with E-state index in [0.717, 1.165) is 5.56 Å². The molecule has 0 atom stereocenters. The summed E-state index contributed by atoms with van der Waals surface area (Å²) < 4.78 is 47.8. The molecule has 12 heteroatoms. The maximum atomic E-state index is 14.3. The van der Waals surface area contributed by atoms with Crippen molar-refractivity contribution in [2.24, 2.45) is 0 Å². The van der Waals surface area contributed by atoms with Crippen LogP contribution in [-0.2, 0) is 15.4 Å². The number of rotatable bonds is 4. The zero-order valence-electron chi connectivity index (χ0n) is 24.4. The van der Waals surface area contributed by atoms with Crippen molar-refractivity contribution in [3.63, 3.8) is 0 Å². The minimum absolute atomic E-state index is 0.00933. The fourth-order valence-electron chi connectivity index (χ4n) is 5.16. The number of carbonyl (C=O) groups excluding carboxylic acids is 2. The van der Waals surface area contributed by atoms with Crippen LogP contribution in [0.4, 0.5) is 9.18 Å². The summed E-state index contributed by atoms with van der Waals surface area (Å²) in [5, 5.41) is 0.00933. The molecule has 0 spiro atoms. The summed E-state index contributed by atoms with van der Waals surface area (Å²) in [6, 6.07) is 14.7. The molecule has 2 aromatic heterocycles. The number of carbonyl (C=O) groups is 2. The third-order valence-corrected chi connectivity index (χ3v) is 9.07.